The predicted octanol–water partition coefficient (Wildman–Crippen LogP) is 2.97. The number of rotatable bonds is 8. The van der Waals surface area contributed by atoms with Gasteiger partial charge in [0.15, 0.2) is 5.96 Å². The van der Waals surface area contributed by atoms with Crippen LogP contribution in [0, 0.1) is 0 Å². The molecule has 0 atom stereocenters. The van der Waals surface area contributed by atoms with E-state index < -0.39 is 0 Å². The first-order valence-electron chi connectivity index (χ1n) is 8.50. The van der Waals surface area contributed by atoms with Crippen molar-refractivity contribution in [1.82, 2.24) is 15.2 Å². The van der Waals surface area contributed by atoms with E-state index in [2.05, 4.69) is 75.8 Å². The summed E-state index contributed by atoms with van der Waals surface area (Å²) in [6.07, 6.45) is 6.29. The molecule has 6 heteroatoms. The Bertz CT molecular complexity index is 605. The van der Waals surface area contributed by atoms with Crippen molar-refractivity contribution in [2.24, 2.45) is 4.99 Å². The van der Waals surface area contributed by atoms with E-state index in [-0.39, 0.29) is 24.0 Å². The highest BCUT2D eigenvalue weighted by Gasteiger charge is 1.99. The van der Waals surface area contributed by atoms with Crippen molar-refractivity contribution in [2.75, 3.05) is 39.1 Å². The molecule has 5 nitrogen and oxygen atoms in total. The summed E-state index contributed by atoms with van der Waals surface area (Å²) in [7, 11) is 5.94. The molecule has 1 heterocycles. The summed E-state index contributed by atoms with van der Waals surface area (Å²) in [5, 5.41) is 6.71. The lowest BCUT2D eigenvalue weighted by molar-refractivity contribution is 0.661. The van der Waals surface area contributed by atoms with Gasteiger partial charge in [-0.25, -0.2) is 0 Å². The SMILES string of the molecule is CN=C(NCCCc1ccc(N(C)C)cc1)NCCn1cccc1.I. The van der Waals surface area contributed by atoms with Crippen LogP contribution in [0.1, 0.15) is 12.0 Å². The summed E-state index contributed by atoms with van der Waals surface area (Å²) in [4.78, 5) is 6.38. The normalized spacial score (nSPS) is 10.9. The predicted molar refractivity (Wildman–Crippen MR) is 118 cm³/mol. The molecule has 0 amide bonds. The van der Waals surface area contributed by atoms with Crippen LogP contribution in [0.4, 0.5) is 5.69 Å². The lowest BCUT2D eigenvalue weighted by Gasteiger charge is -2.13. The number of anilines is 1. The van der Waals surface area contributed by atoms with Crippen molar-refractivity contribution in [1.29, 1.82) is 0 Å². The number of aliphatic imine (C=N–C) groups is 1. The molecule has 138 valence electrons. The number of hydrogen-bond donors (Lipinski definition) is 2. The molecule has 1 aromatic carbocycles. The second-order valence-electron chi connectivity index (χ2n) is 6.01. The fourth-order valence-electron chi connectivity index (χ4n) is 2.50. The number of nitrogens with one attached hydrogen (secondary N) is 2. The molecule has 1 aromatic heterocycles. The fraction of sp³-hybridized carbons (Fsp3) is 0.421. The summed E-state index contributed by atoms with van der Waals surface area (Å²) in [5.41, 5.74) is 2.61. The van der Waals surface area contributed by atoms with Gasteiger partial charge in [0.25, 0.3) is 0 Å². The molecular weight excluding hydrogens is 425 g/mol. The number of aromatic nitrogens is 1. The van der Waals surface area contributed by atoms with E-state index in [1.807, 2.05) is 19.2 Å². The van der Waals surface area contributed by atoms with Crippen LogP contribution in [-0.4, -0.2) is 44.8 Å². The smallest absolute Gasteiger partial charge is 0.191 e. The first kappa shape index (κ1) is 21.3. The zero-order valence-electron chi connectivity index (χ0n) is 15.4. The van der Waals surface area contributed by atoms with Crippen molar-refractivity contribution in [3.05, 3.63) is 54.4 Å². The maximum absolute atomic E-state index is 4.26. The van der Waals surface area contributed by atoms with Gasteiger partial charge < -0.3 is 20.1 Å². The second kappa shape index (κ2) is 11.8. The summed E-state index contributed by atoms with van der Waals surface area (Å²) >= 11 is 0. The van der Waals surface area contributed by atoms with Gasteiger partial charge in [0, 0.05) is 58.9 Å². The Morgan fingerprint density at radius 3 is 2.28 bits per heavy atom. The molecule has 0 radical (unpaired) electrons. The second-order valence-corrected chi connectivity index (χ2v) is 6.01. The van der Waals surface area contributed by atoms with Gasteiger partial charge >= 0.3 is 0 Å². The Kier molecular flexibility index (Phi) is 10.1. The average molecular weight is 455 g/mol. The van der Waals surface area contributed by atoms with Gasteiger partial charge in [-0.05, 0) is 42.7 Å². The molecule has 0 unspecified atom stereocenters. The number of halogens is 1. The molecule has 0 aliphatic heterocycles. The zero-order chi connectivity index (χ0) is 17.2. The van der Waals surface area contributed by atoms with Gasteiger partial charge in [-0.2, -0.15) is 0 Å². The minimum atomic E-state index is 0. The van der Waals surface area contributed by atoms with Crippen LogP contribution >= 0.6 is 24.0 Å². The number of hydrogen-bond acceptors (Lipinski definition) is 2. The molecular formula is C19H30IN5. The van der Waals surface area contributed by atoms with E-state index in [4.69, 9.17) is 0 Å². The molecule has 2 rings (SSSR count). The number of nitrogens with zero attached hydrogens (tertiary/aromatic N) is 3. The summed E-state index contributed by atoms with van der Waals surface area (Å²) in [6.45, 7) is 2.71. The Morgan fingerprint density at radius 2 is 1.68 bits per heavy atom. The third-order valence-electron chi connectivity index (χ3n) is 3.94. The maximum Gasteiger partial charge on any atom is 0.191 e. The van der Waals surface area contributed by atoms with Crippen LogP contribution < -0.4 is 15.5 Å². The van der Waals surface area contributed by atoms with Crippen LogP contribution in [0.5, 0.6) is 0 Å². The van der Waals surface area contributed by atoms with E-state index in [0.717, 1.165) is 38.4 Å². The number of guanidine groups is 1. The van der Waals surface area contributed by atoms with Gasteiger partial charge in [0.2, 0.25) is 0 Å². The lowest BCUT2D eigenvalue weighted by Crippen LogP contribution is -2.39. The number of benzene rings is 1. The fourth-order valence-corrected chi connectivity index (χ4v) is 2.50. The van der Waals surface area contributed by atoms with E-state index in [1.165, 1.54) is 11.3 Å². The largest absolute Gasteiger partial charge is 0.378 e. The van der Waals surface area contributed by atoms with Crippen LogP contribution in [0.25, 0.3) is 0 Å². The third-order valence-corrected chi connectivity index (χ3v) is 3.94. The van der Waals surface area contributed by atoms with Gasteiger partial charge in [-0.15, -0.1) is 24.0 Å². The molecule has 25 heavy (non-hydrogen) atoms. The van der Waals surface area contributed by atoms with E-state index >= 15 is 0 Å². The molecule has 0 saturated heterocycles. The minimum Gasteiger partial charge on any atom is -0.378 e. The first-order chi connectivity index (χ1) is 11.7. The maximum atomic E-state index is 4.26. The van der Waals surface area contributed by atoms with Gasteiger partial charge in [0.05, 0.1) is 0 Å². The highest BCUT2D eigenvalue weighted by molar-refractivity contribution is 14.0. The highest BCUT2D eigenvalue weighted by Crippen LogP contribution is 2.13. The zero-order valence-corrected chi connectivity index (χ0v) is 17.7. The van der Waals surface area contributed by atoms with Crippen molar-refractivity contribution in [3.8, 4) is 0 Å². The highest BCUT2D eigenvalue weighted by atomic mass is 127. The number of aryl methyl sites for hydroxylation is 1. The van der Waals surface area contributed by atoms with E-state index in [0.29, 0.717) is 0 Å². The van der Waals surface area contributed by atoms with Crippen molar-refractivity contribution >= 4 is 35.6 Å². The Labute approximate surface area is 168 Å². The molecule has 0 saturated carbocycles. The van der Waals surface area contributed by atoms with Crippen molar-refractivity contribution in [2.45, 2.75) is 19.4 Å². The molecule has 0 aliphatic carbocycles. The Morgan fingerprint density at radius 1 is 1.04 bits per heavy atom. The van der Waals surface area contributed by atoms with Crippen molar-refractivity contribution < 1.29 is 0 Å². The van der Waals surface area contributed by atoms with Crippen LogP contribution in [-0.2, 0) is 13.0 Å². The molecule has 0 aliphatic rings. The average Bonchev–Trinajstić information content (AvgIpc) is 3.10. The summed E-state index contributed by atoms with van der Waals surface area (Å²) in [5.74, 6) is 0.866. The molecule has 2 N–H and O–H groups in total. The standard InChI is InChI=1S/C19H29N5.HI/c1-20-19(22-13-16-24-14-4-5-15-24)21-12-6-7-17-8-10-18(11-9-17)23(2)3;/h4-5,8-11,14-15H,6-7,12-13,16H2,1-3H3,(H2,20,21,22);1H. The molecule has 2 aromatic rings. The monoisotopic (exact) mass is 455 g/mol. The first-order valence-corrected chi connectivity index (χ1v) is 8.50. The quantitative estimate of drug-likeness (QED) is 0.279. The minimum absolute atomic E-state index is 0. The van der Waals surface area contributed by atoms with Crippen LogP contribution in [0.2, 0.25) is 0 Å². The van der Waals surface area contributed by atoms with E-state index in [9.17, 15) is 0 Å². The van der Waals surface area contributed by atoms with Crippen LogP contribution in [0.15, 0.2) is 53.8 Å². The topological polar surface area (TPSA) is 44.6 Å². The molecule has 0 spiro atoms. The third kappa shape index (κ3) is 7.81. The van der Waals surface area contributed by atoms with Gasteiger partial charge in [-0.3, -0.25) is 4.99 Å². The molecule has 0 bridgehead atoms. The van der Waals surface area contributed by atoms with Crippen molar-refractivity contribution in [3.63, 3.8) is 0 Å². The summed E-state index contributed by atoms with van der Waals surface area (Å²) < 4.78 is 2.15. The van der Waals surface area contributed by atoms with E-state index in [1.54, 1.807) is 0 Å². The summed E-state index contributed by atoms with van der Waals surface area (Å²) in [6, 6.07) is 12.8. The van der Waals surface area contributed by atoms with Gasteiger partial charge in [0.1, 0.15) is 0 Å². The lowest BCUT2D eigenvalue weighted by atomic mass is 10.1. The van der Waals surface area contributed by atoms with Gasteiger partial charge in [-0.1, -0.05) is 12.1 Å². The Balaban J connectivity index is 0.00000312. The molecule has 0 fully saturated rings. The Hall–Kier alpha value is -1.70. The van der Waals surface area contributed by atoms with Crippen LogP contribution in [0.3, 0.4) is 0 Å².